The smallest absolute Gasteiger partial charge is 0.222 e. The van der Waals surface area contributed by atoms with Crippen molar-refractivity contribution in [2.24, 2.45) is 0 Å². The van der Waals surface area contributed by atoms with E-state index in [4.69, 9.17) is 15.1 Å². The van der Waals surface area contributed by atoms with Crippen LogP contribution in [0, 0.1) is 12.3 Å². The normalized spacial score (nSPS) is 10.9. The average molecular weight is 409 g/mol. The highest BCUT2D eigenvalue weighted by Crippen LogP contribution is 2.34. The van der Waals surface area contributed by atoms with E-state index >= 15 is 0 Å². The van der Waals surface area contributed by atoms with Crippen LogP contribution >= 0.6 is 0 Å². The minimum Gasteiger partial charge on any atom is -0.477 e. The number of H-pyrrole nitrogens is 1. The third kappa shape index (κ3) is 4.91. The molecule has 0 unspecified atom stereocenters. The van der Waals surface area contributed by atoms with Gasteiger partial charge in [-0.2, -0.15) is 5.10 Å². The number of aromatic amines is 1. The maximum absolute atomic E-state index is 8.30. The van der Waals surface area contributed by atoms with Crippen LogP contribution in [0.4, 0.5) is 11.4 Å². The molecule has 0 aliphatic carbocycles. The molecule has 0 saturated heterocycles. The molecule has 0 fully saturated rings. The van der Waals surface area contributed by atoms with Gasteiger partial charge in [0.15, 0.2) is 5.82 Å². The van der Waals surface area contributed by atoms with Gasteiger partial charge in [-0.25, -0.2) is 15.0 Å². The molecule has 30 heavy (non-hydrogen) atoms. The fraction of sp³-hybridized carbons (Fsp3) is 0.381. The molecule has 3 aromatic rings. The van der Waals surface area contributed by atoms with Gasteiger partial charge in [-0.15, -0.1) is 0 Å². The summed E-state index contributed by atoms with van der Waals surface area (Å²) in [5, 5.41) is 22.2. The first-order valence-electron chi connectivity index (χ1n) is 9.96. The number of nitrogens with zero attached hydrogens (tertiary/aromatic N) is 4. The van der Waals surface area contributed by atoms with Crippen LogP contribution in [0.2, 0.25) is 0 Å². The van der Waals surface area contributed by atoms with Gasteiger partial charge < -0.3 is 20.8 Å². The molecule has 0 radical (unpaired) electrons. The SMILES string of the molecule is CCOc1ncccc1-c1cc(NCc2n[nH]c(C)n2)c(NC(C)C)c(C(C)=N)n1. The summed E-state index contributed by atoms with van der Waals surface area (Å²) in [4.78, 5) is 13.5. The van der Waals surface area contributed by atoms with Crippen molar-refractivity contribution in [3.05, 3.63) is 41.7 Å². The van der Waals surface area contributed by atoms with Crippen molar-refractivity contribution in [2.75, 3.05) is 17.2 Å². The maximum atomic E-state index is 8.30. The largest absolute Gasteiger partial charge is 0.477 e. The summed E-state index contributed by atoms with van der Waals surface area (Å²) < 4.78 is 5.69. The number of hydrogen-bond acceptors (Lipinski definition) is 8. The van der Waals surface area contributed by atoms with E-state index in [0.717, 1.165) is 22.8 Å². The fourth-order valence-corrected chi connectivity index (χ4v) is 3.01. The van der Waals surface area contributed by atoms with E-state index in [1.54, 1.807) is 13.1 Å². The first kappa shape index (κ1) is 21.2. The molecule has 0 amide bonds. The Balaban J connectivity index is 2.10. The predicted molar refractivity (Wildman–Crippen MR) is 118 cm³/mol. The summed E-state index contributed by atoms with van der Waals surface area (Å²) in [6, 6.07) is 5.87. The van der Waals surface area contributed by atoms with Crippen LogP contribution in [0.15, 0.2) is 24.4 Å². The van der Waals surface area contributed by atoms with Crippen LogP contribution < -0.4 is 15.4 Å². The minimum atomic E-state index is 0.166. The van der Waals surface area contributed by atoms with E-state index in [2.05, 4.69) is 30.8 Å². The molecule has 0 aromatic carbocycles. The number of anilines is 2. The van der Waals surface area contributed by atoms with Crippen LogP contribution in [0.25, 0.3) is 11.3 Å². The van der Waals surface area contributed by atoms with Gasteiger partial charge in [0.05, 0.1) is 41.5 Å². The molecule has 9 nitrogen and oxygen atoms in total. The van der Waals surface area contributed by atoms with Gasteiger partial charge in [-0.3, -0.25) is 5.10 Å². The zero-order valence-corrected chi connectivity index (χ0v) is 18.0. The van der Waals surface area contributed by atoms with Crippen LogP contribution in [-0.2, 0) is 6.54 Å². The van der Waals surface area contributed by atoms with E-state index in [-0.39, 0.29) is 6.04 Å². The number of pyridine rings is 2. The Morgan fingerprint density at radius 1 is 1.30 bits per heavy atom. The van der Waals surface area contributed by atoms with Crippen molar-refractivity contribution in [1.82, 2.24) is 25.1 Å². The molecule has 0 spiro atoms. The molecule has 0 aliphatic heterocycles. The number of aryl methyl sites for hydroxylation is 1. The molecule has 0 saturated carbocycles. The second-order valence-corrected chi connectivity index (χ2v) is 7.18. The van der Waals surface area contributed by atoms with Crippen molar-refractivity contribution < 1.29 is 4.74 Å². The summed E-state index contributed by atoms with van der Waals surface area (Å²) in [6.07, 6.45) is 1.69. The number of rotatable bonds is 9. The highest BCUT2D eigenvalue weighted by Gasteiger charge is 2.19. The van der Waals surface area contributed by atoms with Crippen molar-refractivity contribution in [1.29, 1.82) is 5.41 Å². The van der Waals surface area contributed by atoms with E-state index in [9.17, 15) is 0 Å². The lowest BCUT2D eigenvalue weighted by Gasteiger charge is -2.20. The van der Waals surface area contributed by atoms with E-state index in [1.807, 2.05) is 45.9 Å². The number of aromatic nitrogens is 5. The Morgan fingerprint density at radius 3 is 2.73 bits per heavy atom. The summed E-state index contributed by atoms with van der Waals surface area (Å²) in [7, 11) is 0. The van der Waals surface area contributed by atoms with E-state index in [0.29, 0.717) is 42.0 Å². The second kappa shape index (κ2) is 9.34. The van der Waals surface area contributed by atoms with Crippen molar-refractivity contribution in [2.45, 2.75) is 47.2 Å². The fourth-order valence-electron chi connectivity index (χ4n) is 3.01. The monoisotopic (exact) mass is 408 g/mol. The van der Waals surface area contributed by atoms with Gasteiger partial charge in [0.2, 0.25) is 5.88 Å². The molecule has 0 bridgehead atoms. The van der Waals surface area contributed by atoms with Crippen molar-refractivity contribution >= 4 is 17.1 Å². The molecule has 9 heteroatoms. The second-order valence-electron chi connectivity index (χ2n) is 7.18. The molecule has 0 aliphatic rings. The molecular weight excluding hydrogens is 380 g/mol. The van der Waals surface area contributed by atoms with Crippen molar-refractivity contribution in [3.63, 3.8) is 0 Å². The summed E-state index contributed by atoms with van der Waals surface area (Å²) in [5.74, 6) is 1.93. The van der Waals surface area contributed by atoms with Gasteiger partial charge in [-0.1, -0.05) is 0 Å². The molecule has 158 valence electrons. The number of nitrogens with one attached hydrogen (secondary N) is 4. The van der Waals surface area contributed by atoms with Crippen LogP contribution in [-0.4, -0.2) is 43.5 Å². The predicted octanol–water partition coefficient (Wildman–Crippen LogP) is 3.79. The van der Waals surface area contributed by atoms with Crippen molar-refractivity contribution in [3.8, 4) is 17.1 Å². The lowest BCUT2D eigenvalue weighted by Crippen LogP contribution is -2.17. The lowest BCUT2D eigenvalue weighted by molar-refractivity contribution is 0.328. The van der Waals surface area contributed by atoms with E-state index < -0.39 is 0 Å². The third-order valence-corrected chi connectivity index (χ3v) is 4.22. The van der Waals surface area contributed by atoms with Crippen LogP contribution in [0.1, 0.15) is 45.0 Å². The lowest BCUT2D eigenvalue weighted by atomic mass is 10.1. The maximum Gasteiger partial charge on any atom is 0.222 e. The first-order chi connectivity index (χ1) is 14.4. The molecule has 3 aromatic heterocycles. The molecule has 0 atom stereocenters. The Hall–Kier alpha value is -3.49. The van der Waals surface area contributed by atoms with Gasteiger partial charge in [0.25, 0.3) is 0 Å². The average Bonchev–Trinajstić information content (AvgIpc) is 3.12. The molecule has 4 N–H and O–H groups in total. The summed E-state index contributed by atoms with van der Waals surface area (Å²) in [5.41, 5.74) is 3.96. The zero-order valence-electron chi connectivity index (χ0n) is 18.0. The number of hydrogen-bond donors (Lipinski definition) is 4. The highest BCUT2D eigenvalue weighted by atomic mass is 16.5. The highest BCUT2D eigenvalue weighted by molar-refractivity contribution is 6.03. The minimum absolute atomic E-state index is 0.166. The van der Waals surface area contributed by atoms with E-state index in [1.165, 1.54) is 0 Å². The third-order valence-electron chi connectivity index (χ3n) is 4.22. The van der Waals surface area contributed by atoms with Gasteiger partial charge in [0, 0.05) is 12.2 Å². The Labute approximate surface area is 176 Å². The van der Waals surface area contributed by atoms with Gasteiger partial charge in [-0.05, 0) is 52.8 Å². The topological polar surface area (TPSA) is 124 Å². The summed E-state index contributed by atoms with van der Waals surface area (Å²) in [6.45, 7) is 10.5. The Bertz CT molecular complexity index is 1030. The Morgan fingerprint density at radius 2 is 2.10 bits per heavy atom. The van der Waals surface area contributed by atoms with Crippen LogP contribution in [0.5, 0.6) is 5.88 Å². The molecule has 3 rings (SSSR count). The summed E-state index contributed by atoms with van der Waals surface area (Å²) >= 11 is 0. The van der Waals surface area contributed by atoms with Gasteiger partial charge in [0.1, 0.15) is 11.5 Å². The standard InChI is InChI=1S/C21H28N8O/c1-6-30-21-15(8-7-9-23-21)16-10-17(24-11-18-26-14(5)28-29-18)20(25-12(2)3)19(27-16)13(4)22/h7-10,12,22,25H,6,11H2,1-5H3,(H,24,27)(H,26,28,29). The Kier molecular flexibility index (Phi) is 6.61. The quantitative estimate of drug-likeness (QED) is 0.397. The molecule has 3 heterocycles. The first-order valence-corrected chi connectivity index (χ1v) is 9.96. The van der Waals surface area contributed by atoms with Crippen LogP contribution in [0.3, 0.4) is 0 Å². The number of ether oxygens (including phenoxy) is 1. The zero-order chi connectivity index (χ0) is 21.7. The van der Waals surface area contributed by atoms with Gasteiger partial charge >= 0.3 is 0 Å². The molecular formula is C21H28N8O.